The van der Waals surface area contributed by atoms with Crippen LogP contribution >= 0.6 is 11.3 Å². The number of benzene rings is 1. The van der Waals surface area contributed by atoms with E-state index in [0.29, 0.717) is 0 Å². The molecule has 126 valence electrons. The number of anilines is 1. The largest absolute Gasteiger partial charge is 0.348 e. The molecule has 0 saturated heterocycles. The highest BCUT2D eigenvalue weighted by atomic mass is 32.1. The second kappa shape index (κ2) is 8.49. The highest BCUT2D eigenvalue weighted by Gasteiger charge is 2.13. The van der Waals surface area contributed by atoms with Gasteiger partial charge in [0.15, 0.2) is 5.13 Å². The zero-order valence-electron chi connectivity index (χ0n) is 15.2. The third-order valence-corrected chi connectivity index (χ3v) is 4.96. The minimum atomic E-state index is 0.730. The molecule has 0 radical (unpaired) electrons. The summed E-state index contributed by atoms with van der Waals surface area (Å²) in [5, 5.41) is 3.36. The van der Waals surface area contributed by atoms with Crippen LogP contribution in [-0.2, 0) is 0 Å². The third kappa shape index (κ3) is 5.65. The first-order valence-corrected chi connectivity index (χ1v) is 9.61. The molecule has 2 rings (SSSR count). The molecule has 0 amide bonds. The van der Waals surface area contributed by atoms with Gasteiger partial charge < -0.3 is 4.90 Å². The fourth-order valence-corrected chi connectivity index (χ4v) is 3.29. The van der Waals surface area contributed by atoms with E-state index in [1.165, 1.54) is 29.1 Å². The first-order chi connectivity index (χ1) is 11.0. The van der Waals surface area contributed by atoms with Gasteiger partial charge in [0.2, 0.25) is 0 Å². The molecule has 0 bridgehead atoms. The summed E-state index contributed by atoms with van der Waals surface area (Å²) in [5.74, 6) is 1.46. The zero-order chi connectivity index (χ0) is 16.8. The molecule has 0 aliphatic carbocycles. The van der Waals surface area contributed by atoms with Gasteiger partial charge in [-0.05, 0) is 31.6 Å². The lowest BCUT2D eigenvalue weighted by Gasteiger charge is -2.23. The summed E-state index contributed by atoms with van der Waals surface area (Å²) in [6.45, 7) is 13.5. The van der Waals surface area contributed by atoms with E-state index in [1.807, 2.05) is 0 Å². The molecule has 0 atom stereocenters. The summed E-state index contributed by atoms with van der Waals surface area (Å²) in [6, 6.07) is 8.65. The van der Waals surface area contributed by atoms with Crippen molar-refractivity contribution in [3.63, 3.8) is 0 Å². The summed E-state index contributed by atoms with van der Waals surface area (Å²) in [4.78, 5) is 7.39. The molecule has 0 N–H and O–H groups in total. The van der Waals surface area contributed by atoms with Crippen LogP contribution in [0.25, 0.3) is 11.3 Å². The average Bonchev–Trinajstić information content (AvgIpc) is 2.97. The van der Waals surface area contributed by atoms with Crippen LogP contribution in [-0.4, -0.2) is 18.1 Å². The lowest BCUT2D eigenvalue weighted by Crippen LogP contribution is -2.27. The molecule has 2 aromatic rings. The first kappa shape index (κ1) is 18.0. The minimum Gasteiger partial charge on any atom is -0.348 e. The smallest absolute Gasteiger partial charge is 0.185 e. The van der Waals surface area contributed by atoms with E-state index in [9.17, 15) is 0 Å². The van der Waals surface area contributed by atoms with Gasteiger partial charge in [0.05, 0.1) is 5.69 Å². The normalized spacial score (nSPS) is 11.4. The van der Waals surface area contributed by atoms with Gasteiger partial charge in [0.25, 0.3) is 0 Å². The molecular formula is C20H30N2S. The molecule has 3 heteroatoms. The molecule has 0 spiro atoms. The van der Waals surface area contributed by atoms with E-state index in [0.717, 1.165) is 30.6 Å². The van der Waals surface area contributed by atoms with Crippen LogP contribution in [0.3, 0.4) is 0 Å². The molecule has 0 fully saturated rings. The summed E-state index contributed by atoms with van der Waals surface area (Å²) < 4.78 is 0. The minimum absolute atomic E-state index is 0.730. The van der Waals surface area contributed by atoms with Crippen LogP contribution in [0.2, 0.25) is 0 Å². The average molecular weight is 331 g/mol. The van der Waals surface area contributed by atoms with Gasteiger partial charge in [-0.25, -0.2) is 4.98 Å². The van der Waals surface area contributed by atoms with Crippen molar-refractivity contribution < 1.29 is 0 Å². The SMILES string of the molecule is Cc1ccc(-c2csc(N(CCC(C)C)CCC(C)C)n2)cc1. The van der Waals surface area contributed by atoms with Gasteiger partial charge in [0.1, 0.15) is 0 Å². The molecule has 23 heavy (non-hydrogen) atoms. The maximum atomic E-state index is 4.91. The van der Waals surface area contributed by atoms with Crippen molar-refractivity contribution in [2.75, 3.05) is 18.0 Å². The van der Waals surface area contributed by atoms with E-state index in [-0.39, 0.29) is 0 Å². The first-order valence-electron chi connectivity index (χ1n) is 8.73. The fourth-order valence-electron chi connectivity index (χ4n) is 2.40. The Labute approximate surface area is 145 Å². The molecule has 1 heterocycles. The van der Waals surface area contributed by atoms with Gasteiger partial charge in [-0.15, -0.1) is 11.3 Å². The fraction of sp³-hybridized carbons (Fsp3) is 0.550. The Morgan fingerprint density at radius 1 is 0.957 bits per heavy atom. The van der Waals surface area contributed by atoms with Crippen LogP contribution < -0.4 is 4.90 Å². The number of aromatic nitrogens is 1. The van der Waals surface area contributed by atoms with E-state index >= 15 is 0 Å². The Bertz CT molecular complexity index is 572. The predicted octanol–water partition coefficient (Wildman–Crippen LogP) is 6.02. The van der Waals surface area contributed by atoms with Crippen LogP contribution in [0.1, 0.15) is 46.1 Å². The summed E-state index contributed by atoms with van der Waals surface area (Å²) in [5.41, 5.74) is 3.61. The quantitative estimate of drug-likeness (QED) is 0.588. The number of hydrogen-bond donors (Lipinski definition) is 0. The Hall–Kier alpha value is -1.35. The number of aryl methyl sites for hydroxylation is 1. The summed E-state index contributed by atoms with van der Waals surface area (Å²) in [6.07, 6.45) is 2.44. The van der Waals surface area contributed by atoms with Gasteiger partial charge in [-0.1, -0.05) is 57.5 Å². The van der Waals surface area contributed by atoms with E-state index in [4.69, 9.17) is 4.98 Å². The second-order valence-corrected chi connectivity index (χ2v) is 8.07. The van der Waals surface area contributed by atoms with Crippen molar-refractivity contribution in [3.05, 3.63) is 35.2 Å². The Kier molecular flexibility index (Phi) is 6.64. The Morgan fingerprint density at radius 3 is 2.04 bits per heavy atom. The maximum absolute atomic E-state index is 4.91. The van der Waals surface area contributed by atoms with Crippen LogP contribution in [0.5, 0.6) is 0 Å². The van der Waals surface area contributed by atoms with Gasteiger partial charge in [0, 0.05) is 24.0 Å². The van der Waals surface area contributed by atoms with Crippen molar-refractivity contribution in [2.24, 2.45) is 11.8 Å². The lowest BCUT2D eigenvalue weighted by molar-refractivity contribution is 0.535. The zero-order valence-corrected chi connectivity index (χ0v) is 16.0. The molecular weight excluding hydrogens is 300 g/mol. The van der Waals surface area contributed by atoms with Gasteiger partial charge in [-0.3, -0.25) is 0 Å². The van der Waals surface area contributed by atoms with E-state index in [2.05, 4.69) is 69.2 Å². The molecule has 2 nitrogen and oxygen atoms in total. The molecule has 1 aromatic carbocycles. The third-order valence-electron chi connectivity index (χ3n) is 4.06. The topological polar surface area (TPSA) is 16.1 Å². The van der Waals surface area contributed by atoms with Crippen molar-refractivity contribution in [1.29, 1.82) is 0 Å². The van der Waals surface area contributed by atoms with Crippen LogP contribution in [0.4, 0.5) is 5.13 Å². The monoisotopic (exact) mass is 330 g/mol. The van der Waals surface area contributed by atoms with Crippen molar-refractivity contribution >= 4 is 16.5 Å². The molecule has 0 unspecified atom stereocenters. The Balaban J connectivity index is 2.12. The summed E-state index contributed by atoms with van der Waals surface area (Å²) >= 11 is 1.77. The summed E-state index contributed by atoms with van der Waals surface area (Å²) in [7, 11) is 0. The number of hydrogen-bond acceptors (Lipinski definition) is 3. The molecule has 1 aromatic heterocycles. The van der Waals surface area contributed by atoms with E-state index < -0.39 is 0 Å². The molecule has 0 aliphatic rings. The van der Waals surface area contributed by atoms with Gasteiger partial charge in [-0.2, -0.15) is 0 Å². The number of nitrogens with zero attached hydrogens (tertiary/aromatic N) is 2. The highest BCUT2D eigenvalue weighted by molar-refractivity contribution is 7.14. The maximum Gasteiger partial charge on any atom is 0.185 e. The molecule has 0 saturated carbocycles. The van der Waals surface area contributed by atoms with Crippen molar-refractivity contribution in [2.45, 2.75) is 47.5 Å². The van der Waals surface area contributed by atoms with Crippen molar-refractivity contribution in [1.82, 2.24) is 4.98 Å². The van der Waals surface area contributed by atoms with Gasteiger partial charge >= 0.3 is 0 Å². The molecule has 0 aliphatic heterocycles. The number of rotatable bonds is 8. The van der Waals surface area contributed by atoms with E-state index in [1.54, 1.807) is 11.3 Å². The predicted molar refractivity (Wildman–Crippen MR) is 103 cm³/mol. The van der Waals surface area contributed by atoms with Crippen LogP contribution in [0, 0.1) is 18.8 Å². The lowest BCUT2D eigenvalue weighted by atomic mass is 10.1. The Morgan fingerprint density at radius 2 is 1.52 bits per heavy atom. The standard InChI is InChI=1S/C20H30N2S/c1-15(2)10-12-22(13-11-16(3)4)20-21-19(14-23-20)18-8-6-17(5)7-9-18/h6-9,14-16H,10-13H2,1-5H3. The van der Waals surface area contributed by atoms with Crippen molar-refractivity contribution in [3.8, 4) is 11.3 Å². The number of thiazole rings is 1. The van der Waals surface area contributed by atoms with Crippen LogP contribution in [0.15, 0.2) is 29.6 Å². The highest BCUT2D eigenvalue weighted by Crippen LogP contribution is 2.28. The second-order valence-electron chi connectivity index (χ2n) is 7.23.